The second-order valence-corrected chi connectivity index (χ2v) is 15.9. The van der Waals surface area contributed by atoms with Crippen molar-refractivity contribution in [3.8, 4) is 0 Å². The summed E-state index contributed by atoms with van der Waals surface area (Å²) >= 11 is 1.51. The van der Waals surface area contributed by atoms with E-state index in [1.54, 1.807) is 29.4 Å². The predicted molar refractivity (Wildman–Crippen MR) is 162 cm³/mol. The lowest BCUT2D eigenvalue weighted by atomic mass is 9.73. The van der Waals surface area contributed by atoms with Gasteiger partial charge in [-0.3, -0.25) is 9.59 Å². The minimum Gasteiger partial charge on any atom is -0.458 e. The Morgan fingerprint density at radius 2 is 1.79 bits per heavy atom. The Balaban J connectivity index is 1.66. The molecule has 3 aliphatic rings. The average Bonchev–Trinajstić information content (AvgIpc) is 3.25. The molecular formula is C30H47N3O7S2. The van der Waals surface area contributed by atoms with Gasteiger partial charge in [-0.1, -0.05) is 34.1 Å². The summed E-state index contributed by atoms with van der Waals surface area (Å²) in [6.45, 7) is 11.5. The summed E-state index contributed by atoms with van der Waals surface area (Å²) in [6.07, 6.45) is 2.34. The number of cyclic esters (lactones) is 1. The summed E-state index contributed by atoms with van der Waals surface area (Å²) in [7, 11) is -3.67. The van der Waals surface area contributed by atoms with Crippen LogP contribution in [0.5, 0.6) is 0 Å². The van der Waals surface area contributed by atoms with Crippen LogP contribution < -0.4 is 0 Å². The van der Waals surface area contributed by atoms with Gasteiger partial charge in [0.15, 0.2) is 0 Å². The summed E-state index contributed by atoms with van der Waals surface area (Å²) in [5, 5.41) is 24.8. The van der Waals surface area contributed by atoms with E-state index in [2.05, 4.69) is 4.98 Å². The number of Topliss-reactive ketones (excluding diaryl/α,β-unsaturated/α-hetero) is 1. The Labute approximate surface area is 254 Å². The molecule has 3 fully saturated rings. The summed E-state index contributed by atoms with van der Waals surface area (Å²) in [4.78, 5) is 31.1. The van der Waals surface area contributed by atoms with Gasteiger partial charge >= 0.3 is 5.97 Å². The summed E-state index contributed by atoms with van der Waals surface area (Å²) in [5.41, 5.74) is 0.186. The van der Waals surface area contributed by atoms with Crippen LogP contribution in [0.4, 0.5) is 0 Å². The van der Waals surface area contributed by atoms with E-state index < -0.39 is 52.2 Å². The molecule has 3 aliphatic heterocycles. The van der Waals surface area contributed by atoms with Crippen molar-refractivity contribution in [2.75, 3.05) is 13.1 Å². The molecule has 2 N–H and O–H groups in total. The van der Waals surface area contributed by atoms with Crippen molar-refractivity contribution in [3.63, 3.8) is 0 Å². The van der Waals surface area contributed by atoms with Gasteiger partial charge in [0.25, 0.3) is 10.2 Å². The molecule has 0 aliphatic carbocycles. The quantitative estimate of drug-likeness (QED) is 0.382. The minimum absolute atomic E-state index is 0.199. The summed E-state index contributed by atoms with van der Waals surface area (Å²) in [6, 6.07) is -0.587. The number of rotatable bonds is 4. The second kappa shape index (κ2) is 13.1. The van der Waals surface area contributed by atoms with E-state index >= 15 is 0 Å². The number of nitrogens with zero attached hydrogens (tertiary/aromatic N) is 3. The average molecular weight is 626 g/mol. The van der Waals surface area contributed by atoms with Gasteiger partial charge in [-0.25, -0.2) is 4.98 Å². The maximum atomic E-state index is 13.6. The van der Waals surface area contributed by atoms with Crippen LogP contribution >= 0.6 is 11.3 Å². The molecule has 0 spiro atoms. The fraction of sp³-hybridized carbons (Fsp3) is 0.767. The number of ether oxygens (including phenoxy) is 1. The van der Waals surface area contributed by atoms with E-state index in [0.717, 1.165) is 29.1 Å². The van der Waals surface area contributed by atoms with Crippen LogP contribution in [-0.4, -0.2) is 87.5 Å². The molecule has 0 saturated carbocycles. The van der Waals surface area contributed by atoms with Crippen LogP contribution in [0, 0.1) is 24.2 Å². The molecule has 10 nitrogen and oxygen atoms in total. The standard InChI is InChI=1S/C30H47N3O7S2/c1-18-10-9-11-23-24(33(23)42(38,39)32-12-7-8-13-32)15-25(19(2)14-22-17-41-21(4)31-22)40-27(35)16-26(34)30(5,6)29(37)20(3)28(18)36/h14,17-18,20,23-26,28,34,36H,7-13,15-16H2,1-6H3/t18-,20+,23+,24?,25?,26-,28-,33?/m0/s1. The number of ketones is 1. The number of carbonyl (C=O) groups excluding carboxylic acids is 2. The lowest BCUT2D eigenvalue weighted by Gasteiger charge is -2.34. The fourth-order valence-corrected chi connectivity index (χ4v) is 9.10. The van der Waals surface area contributed by atoms with E-state index in [0.29, 0.717) is 32.4 Å². The van der Waals surface area contributed by atoms with Gasteiger partial charge in [0.1, 0.15) is 11.9 Å². The zero-order valence-electron chi connectivity index (χ0n) is 25.7. The van der Waals surface area contributed by atoms with Gasteiger partial charge in [-0.2, -0.15) is 17.0 Å². The molecule has 1 aromatic heterocycles. The van der Waals surface area contributed by atoms with Crippen molar-refractivity contribution in [1.29, 1.82) is 0 Å². The molecule has 42 heavy (non-hydrogen) atoms. The van der Waals surface area contributed by atoms with Gasteiger partial charge in [-0.15, -0.1) is 11.3 Å². The van der Waals surface area contributed by atoms with Crippen LogP contribution in [0.1, 0.15) is 90.3 Å². The highest BCUT2D eigenvalue weighted by molar-refractivity contribution is 7.87. The molecule has 0 aromatic carbocycles. The Bertz CT molecular complexity index is 1270. The number of esters is 1. The summed E-state index contributed by atoms with van der Waals surface area (Å²) < 4.78 is 36.4. The Kier molecular flexibility index (Phi) is 10.4. The lowest BCUT2D eigenvalue weighted by molar-refractivity contribution is -0.154. The molecule has 1 aromatic rings. The van der Waals surface area contributed by atoms with Crippen molar-refractivity contribution < 1.29 is 33.0 Å². The number of aryl methyl sites for hydroxylation is 1. The first kappa shape index (κ1) is 33.2. The fourth-order valence-electron chi connectivity index (χ4n) is 6.44. The number of aromatic nitrogens is 1. The number of carbonyl (C=O) groups is 2. The number of hydrogen-bond acceptors (Lipinski definition) is 9. The van der Waals surface area contributed by atoms with Crippen LogP contribution in [0.25, 0.3) is 6.08 Å². The number of aliphatic hydroxyl groups excluding tert-OH is 2. The van der Waals surface area contributed by atoms with Gasteiger partial charge in [0, 0.05) is 42.9 Å². The van der Waals surface area contributed by atoms with Crippen molar-refractivity contribution in [1.82, 2.24) is 13.6 Å². The second-order valence-electron chi connectivity index (χ2n) is 13.0. The number of hydrogen-bond donors (Lipinski definition) is 2. The third-order valence-electron chi connectivity index (χ3n) is 9.41. The monoisotopic (exact) mass is 625 g/mol. The Morgan fingerprint density at radius 3 is 2.40 bits per heavy atom. The van der Waals surface area contributed by atoms with E-state index in [9.17, 15) is 28.2 Å². The van der Waals surface area contributed by atoms with E-state index in [4.69, 9.17) is 4.74 Å². The highest BCUT2D eigenvalue weighted by Crippen LogP contribution is 2.43. The highest BCUT2D eigenvalue weighted by atomic mass is 32.2. The van der Waals surface area contributed by atoms with Crippen molar-refractivity contribution in [3.05, 3.63) is 21.7 Å². The molecule has 0 radical (unpaired) electrons. The van der Waals surface area contributed by atoms with Crippen LogP contribution in [0.2, 0.25) is 0 Å². The molecule has 8 atom stereocenters. The first-order valence-corrected chi connectivity index (χ1v) is 17.4. The third kappa shape index (κ3) is 7.15. The molecule has 0 bridgehead atoms. The topological polar surface area (TPSA) is 137 Å². The van der Waals surface area contributed by atoms with Gasteiger partial charge in [-0.05, 0) is 57.1 Å². The Hall–Kier alpha value is -1.70. The largest absolute Gasteiger partial charge is 0.458 e. The number of thiazole rings is 1. The molecule has 236 valence electrons. The molecular weight excluding hydrogens is 578 g/mol. The van der Waals surface area contributed by atoms with Crippen molar-refractivity contribution in [2.45, 2.75) is 117 Å². The van der Waals surface area contributed by atoms with Crippen molar-refractivity contribution >= 4 is 39.4 Å². The SMILES string of the molecule is CC(=Cc1csc(C)n1)C1CC2[C@@H](CCC[C@H](C)[C@H](O)[C@@H](C)C(=O)C(C)(C)[C@@H](O)CC(=O)O1)N2S(=O)(=O)N1CCCC1. The molecule has 12 heteroatoms. The van der Waals surface area contributed by atoms with E-state index in [-0.39, 0.29) is 30.2 Å². The predicted octanol–water partition coefficient (Wildman–Crippen LogP) is 3.71. The summed E-state index contributed by atoms with van der Waals surface area (Å²) in [5.74, 6) is -1.93. The first-order valence-electron chi connectivity index (χ1n) is 15.1. The maximum Gasteiger partial charge on any atom is 0.309 e. The Morgan fingerprint density at radius 1 is 1.12 bits per heavy atom. The van der Waals surface area contributed by atoms with Gasteiger partial charge in [0.05, 0.1) is 34.7 Å². The molecule has 4 rings (SSSR count). The smallest absolute Gasteiger partial charge is 0.309 e. The maximum absolute atomic E-state index is 13.6. The van der Waals surface area contributed by atoms with Crippen LogP contribution in [0.3, 0.4) is 0 Å². The zero-order chi connectivity index (χ0) is 31.0. The highest BCUT2D eigenvalue weighted by Gasteiger charge is 2.57. The third-order valence-corrected chi connectivity index (χ3v) is 12.3. The minimum atomic E-state index is -3.67. The van der Waals surface area contributed by atoms with Crippen LogP contribution in [0.15, 0.2) is 11.0 Å². The zero-order valence-corrected chi connectivity index (χ0v) is 27.3. The lowest BCUT2D eigenvalue weighted by Crippen LogP contribution is -2.45. The first-order chi connectivity index (χ1) is 19.6. The van der Waals surface area contributed by atoms with E-state index in [1.807, 2.05) is 32.2 Å². The molecule has 3 unspecified atom stereocenters. The number of fused-ring (bicyclic) bond motifs is 1. The van der Waals surface area contributed by atoms with Gasteiger partial charge < -0.3 is 14.9 Å². The molecule has 3 saturated heterocycles. The molecule has 0 amide bonds. The van der Waals surface area contributed by atoms with Crippen LogP contribution in [-0.2, 0) is 24.5 Å². The van der Waals surface area contributed by atoms with E-state index in [1.165, 1.54) is 11.3 Å². The van der Waals surface area contributed by atoms with Gasteiger partial charge in [0.2, 0.25) is 0 Å². The number of aliphatic hydroxyl groups is 2. The van der Waals surface area contributed by atoms with Crippen molar-refractivity contribution in [2.24, 2.45) is 17.3 Å². The molecule has 4 heterocycles. The normalized spacial score (nSPS) is 36.0.